The summed E-state index contributed by atoms with van der Waals surface area (Å²) in [4.78, 5) is 42.7. The number of amides is 3. The first-order valence-electron chi connectivity index (χ1n) is 12.1. The number of benzene rings is 2. The van der Waals surface area contributed by atoms with E-state index in [-0.39, 0.29) is 23.6 Å². The molecular weight excluding hydrogens is 462 g/mol. The lowest BCUT2D eigenvalue weighted by Crippen LogP contribution is -2.57. The molecule has 3 rings (SSSR count). The Labute approximate surface area is 212 Å². The first-order chi connectivity index (χ1) is 17.3. The second-order valence-electron chi connectivity index (χ2n) is 8.84. The summed E-state index contributed by atoms with van der Waals surface area (Å²) in [6, 6.07) is 11.2. The fourth-order valence-corrected chi connectivity index (χ4v) is 4.08. The standard InChI is InChI=1S/C27H35N3O6/c1-6-36-20-9-7-19(8-10-20)25(31)28-24(18(2)3)27(33)30-15-13-29(14-16-30)26(32)22-12-11-21(34-4)17-23(22)35-5/h7-12,17-18,24H,6,13-16H2,1-5H3,(H,28,31). The number of carbonyl (C=O) groups is 3. The molecule has 194 valence electrons. The molecule has 1 heterocycles. The van der Waals surface area contributed by atoms with Crippen molar-refractivity contribution in [3.63, 3.8) is 0 Å². The number of piperazine rings is 1. The third kappa shape index (κ3) is 6.27. The second kappa shape index (κ2) is 12.3. The van der Waals surface area contributed by atoms with Crippen LogP contribution in [0.2, 0.25) is 0 Å². The maximum Gasteiger partial charge on any atom is 0.257 e. The molecule has 1 fully saturated rings. The highest BCUT2D eigenvalue weighted by atomic mass is 16.5. The van der Waals surface area contributed by atoms with Crippen molar-refractivity contribution in [2.45, 2.75) is 26.8 Å². The van der Waals surface area contributed by atoms with Gasteiger partial charge in [0.2, 0.25) is 5.91 Å². The van der Waals surface area contributed by atoms with Crippen LogP contribution >= 0.6 is 0 Å². The van der Waals surface area contributed by atoms with E-state index in [0.29, 0.717) is 61.2 Å². The van der Waals surface area contributed by atoms with Gasteiger partial charge < -0.3 is 29.3 Å². The lowest BCUT2D eigenvalue weighted by atomic mass is 10.0. The van der Waals surface area contributed by atoms with Crippen LogP contribution in [0.4, 0.5) is 0 Å². The van der Waals surface area contributed by atoms with Gasteiger partial charge in [0.25, 0.3) is 11.8 Å². The van der Waals surface area contributed by atoms with E-state index < -0.39 is 6.04 Å². The molecular formula is C27H35N3O6. The quantitative estimate of drug-likeness (QED) is 0.572. The number of nitrogens with one attached hydrogen (secondary N) is 1. The molecule has 3 amide bonds. The summed E-state index contributed by atoms with van der Waals surface area (Å²) in [5.74, 6) is 0.993. The molecule has 0 aliphatic carbocycles. The highest BCUT2D eigenvalue weighted by Crippen LogP contribution is 2.26. The van der Waals surface area contributed by atoms with Crippen LogP contribution < -0.4 is 19.5 Å². The SMILES string of the molecule is CCOc1ccc(C(=O)NC(C(=O)N2CCN(C(=O)c3ccc(OC)cc3OC)CC2)C(C)C)cc1. The number of carbonyl (C=O) groups excluding carboxylic acids is 3. The van der Waals surface area contributed by atoms with Gasteiger partial charge in [-0.3, -0.25) is 14.4 Å². The number of hydrogen-bond acceptors (Lipinski definition) is 6. The lowest BCUT2D eigenvalue weighted by Gasteiger charge is -2.37. The molecule has 9 nitrogen and oxygen atoms in total. The Balaban J connectivity index is 1.62. The minimum atomic E-state index is -0.673. The third-order valence-corrected chi connectivity index (χ3v) is 6.16. The molecule has 1 saturated heterocycles. The van der Waals surface area contributed by atoms with Crippen LogP contribution in [-0.2, 0) is 4.79 Å². The van der Waals surface area contributed by atoms with E-state index in [2.05, 4.69) is 5.32 Å². The Morgan fingerprint density at radius 1 is 0.889 bits per heavy atom. The van der Waals surface area contributed by atoms with Crippen molar-refractivity contribution in [2.75, 3.05) is 47.0 Å². The third-order valence-electron chi connectivity index (χ3n) is 6.16. The molecule has 2 aromatic rings. The Morgan fingerprint density at radius 2 is 1.50 bits per heavy atom. The zero-order valence-electron chi connectivity index (χ0n) is 21.6. The predicted octanol–water partition coefficient (Wildman–Crippen LogP) is 2.84. The van der Waals surface area contributed by atoms with Gasteiger partial charge in [-0.25, -0.2) is 0 Å². The summed E-state index contributed by atoms with van der Waals surface area (Å²) >= 11 is 0. The van der Waals surface area contributed by atoms with Crippen molar-refractivity contribution in [3.8, 4) is 17.2 Å². The molecule has 0 saturated carbocycles. The van der Waals surface area contributed by atoms with Crippen molar-refractivity contribution in [1.82, 2.24) is 15.1 Å². The second-order valence-corrected chi connectivity index (χ2v) is 8.84. The number of nitrogens with zero attached hydrogens (tertiary/aromatic N) is 2. The summed E-state index contributed by atoms with van der Waals surface area (Å²) < 4.78 is 16.0. The molecule has 0 aromatic heterocycles. The molecule has 0 bridgehead atoms. The van der Waals surface area contributed by atoms with E-state index in [0.717, 1.165) is 0 Å². The molecule has 1 N–H and O–H groups in total. The van der Waals surface area contributed by atoms with Gasteiger partial charge in [0, 0.05) is 37.8 Å². The van der Waals surface area contributed by atoms with Crippen molar-refractivity contribution in [1.29, 1.82) is 0 Å². The van der Waals surface area contributed by atoms with E-state index in [4.69, 9.17) is 14.2 Å². The fourth-order valence-electron chi connectivity index (χ4n) is 4.08. The minimum absolute atomic E-state index is 0.104. The van der Waals surface area contributed by atoms with Crippen LogP contribution in [0.25, 0.3) is 0 Å². The number of hydrogen-bond donors (Lipinski definition) is 1. The van der Waals surface area contributed by atoms with Crippen molar-refractivity contribution in [2.24, 2.45) is 5.92 Å². The number of methoxy groups -OCH3 is 2. The van der Waals surface area contributed by atoms with Crippen molar-refractivity contribution in [3.05, 3.63) is 53.6 Å². The molecule has 9 heteroatoms. The molecule has 2 aromatic carbocycles. The highest BCUT2D eigenvalue weighted by molar-refractivity contribution is 5.98. The van der Waals surface area contributed by atoms with Crippen LogP contribution in [-0.4, -0.2) is 80.6 Å². The predicted molar refractivity (Wildman–Crippen MR) is 136 cm³/mol. The van der Waals surface area contributed by atoms with Gasteiger partial charge in [-0.1, -0.05) is 13.8 Å². The van der Waals surface area contributed by atoms with Gasteiger partial charge >= 0.3 is 0 Å². The molecule has 1 aliphatic heterocycles. The Kier molecular flexibility index (Phi) is 9.16. The minimum Gasteiger partial charge on any atom is -0.497 e. The number of ether oxygens (including phenoxy) is 3. The van der Waals surface area contributed by atoms with E-state index >= 15 is 0 Å². The van der Waals surface area contributed by atoms with E-state index in [1.165, 1.54) is 7.11 Å². The van der Waals surface area contributed by atoms with Gasteiger partial charge in [-0.05, 0) is 49.2 Å². The number of rotatable bonds is 9. The van der Waals surface area contributed by atoms with Gasteiger partial charge in [0.05, 0.1) is 26.4 Å². The molecule has 0 radical (unpaired) electrons. The van der Waals surface area contributed by atoms with Gasteiger partial charge in [-0.15, -0.1) is 0 Å². The summed E-state index contributed by atoms with van der Waals surface area (Å²) in [5.41, 5.74) is 0.904. The van der Waals surface area contributed by atoms with E-state index in [1.54, 1.807) is 59.4 Å². The summed E-state index contributed by atoms with van der Waals surface area (Å²) in [6.07, 6.45) is 0. The van der Waals surface area contributed by atoms with Gasteiger partial charge in [0.15, 0.2) is 0 Å². The molecule has 1 aliphatic rings. The van der Waals surface area contributed by atoms with Crippen LogP contribution in [0.1, 0.15) is 41.5 Å². The van der Waals surface area contributed by atoms with Crippen molar-refractivity contribution >= 4 is 17.7 Å². The maximum atomic E-state index is 13.3. The summed E-state index contributed by atoms with van der Waals surface area (Å²) in [7, 11) is 3.06. The normalized spacial score (nSPS) is 14.3. The highest BCUT2D eigenvalue weighted by Gasteiger charge is 2.32. The van der Waals surface area contributed by atoms with Gasteiger partial charge in [0.1, 0.15) is 23.3 Å². The van der Waals surface area contributed by atoms with Crippen LogP contribution in [0.3, 0.4) is 0 Å². The first kappa shape index (κ1) is 26.8. The molecule has 1 atom stereocenters. The van der Waals surface area contributed by atoms with Crippen LogP contribution in [0, 0.1) is 5.92 Å². The van der Waals surface area contributed by atoms with E-state index in [1.807, 2.05) is 20.8 Å². The topological polar surface area (TPSA) is 97.4 Å². The Hall–Kier alpha value is -3.75. The zero-order valence-corrected chi connectivity index (χ0v) is 21.6. The van der Waals surface area contributed by atoms with Crippen LogP contribution in [0.15, 0.2) is 42.5 Å². The largest absolute Gasteiger partial charge is 0.497 e. The maximum absolute atomic E-state index is 13.3. The zero-order chi connectivity index (χ0) is 26.2. The Morgan fingerprint density at radius 3 is 2.06 bits per heavy atom. The first-order valence-corrected chi connectivity index (χ1v) is 12.1. The summed E-state index contributed by atoms with van der Waals surface area (Å²) in [6.45, 7) is 7.77. The fraction of sp³-hybridized carbons (Fsp3) is 0.444. The monoisotopic (exact) mass is 497 g/mol. The molecule has 36 heavy (non-hydrogen) atoms. The molecule has 0 spiro atoms. The smallest absolute Gasteiger partial charge is 0.257 e. The summed E-state index contributed by atoms with van der Waals surface area (Å²) in [5, 5.41) is 2.89. The Bertz CT molecular complexity index is 1060. The van der Waals surface area contributed by atoms with Crippen molar-refractivity contribution < 1.29 is 28.6 Å². The van der Waals surface area contributed by atoms with Gasteiger partial charge in [-0.2, -0.15) is 0 Å². The average Bonchev–Trinajstić information content (AvgIpc) is 2.91. The molecule has 1 unspecified atom stereocenters. The lowest BCUT2D eigenvalue weighted by molar-refractivity contribution is -0.135. The average molecular weight is 498 g/mol. The van der Waals surface area contributed by atoms with Crippen LogP contribution in [0.5, 0.6) is 17.2 Å². The van der Waals surface area contributed by atoms with E-state index in [9.17, 15) is 14.4 Å².